The molecule has 1 fully saturated rings. The van der Waals surface area contributed by atoms with Gasteiger partial charge in [-0.1, -0.05) is 30.3 Å². The Balaban J connectivity index is 2.10. The van der Waals surface area contributed by atoms with Crippen molar-refractivity contribution in [2.24, 2.45) is 0 Å². The van der Waals surface area contributed by atoms with Gasteiger partial charge in [-0.05, 0) is 25.8 Å². The van der Waals surface area contributed by atoms with Gasteiger partial charge in [0, 0.05) is 24.8 Å². The fourth-order valence-electron chi connectivity index (χ4n) is 2.69. The maximum atomic E-state index is 12.7. The number of carbonyl (C=O) groups excluding carboxylic acids is 1. The second-order valence-electron chi connectivity index (χ2n) is 6.45. The molecule has 1 aliphatic heterocycles. The number of carbonyl (C=O) groups is 1. The van der Waals surface area contributed by atoms with Crippen LogP contribution in [0.15, 0.2) is 42.1 Å². The first-order valence-corrected chi connectivity index (χ1v) is 10.1. The average Bonchev–Trinajstić information content (AvgIpc) is 2.92. The SMILES string of the molecule is CC(C)N(Cc1ccccc1)C(=O)/C(C#N)=C\NC1CCS(=O)(=O)C1. The van der Waals surface area contributed by atoms with Gasteiger partial charge in [-0.2, -0.15) is 5.26 Å². The molecule has 1 aromatic rings. The maximum Gasteiger partial charge on any atom is 0.266 e. The highest BCUT2D eigenvalue weighted by Crippen LogP contribution is 2.14. The molecule has 2 rings (SSSR count). The van der Waals surface area contributed by atoms with Crippen LogP contribution in [0, 0.1) is 11.3 Å². The molecule has 6 nitrogen and oxygen atoms in total. The lowest BCUT2D eigenvalue weighted by Crippen LogP contribution is -2.38. The number of hydrogen-bond acceptors (Lipinski definition) is 5. The van der Waals surface area contributed by atoms with Crippen molar-refractivity contribution in [1.29, 1.82) is 5.26 Å². The van der Waals surface area contributed by atoms with E-state index in [4.69, 9.17) is 0 Å². The molecule has 25 heavy (non-hydrogen) atoms. The largest absolute Gasteiger partial charge is 0.386 e. The second-order valence-corrected chi connectivity index (χ2v) is 8.68. The molecule has 0 spiro atoms. The highest BCUT2D eigenvalue weighted by atomic mass is 32.2. The number of rotatable bonds is 6. The molecule has 1 aliphatic rings. The third kappa shape index (κ3) is 5.33. The zero-order valence-corrected chi connectivity index (χ0v) is 15.3. The lowest BCUT2D eigenvalue weighted by molar-refractivity contribution is -0.129. The summed E-state index contributed by atoms with van der Waals surface area (Å²) in [7, 11) is -3.01. The zero-order chi connectivity index (χ0) is 18.4. The summed E-state index contributed by atoms with van der Waals surface area (Å²) in [5, 5.41) is 12.3. The molecule has 0 radical (unpaired) electrons. The predicted molar refractivity (Wildman–Crippen MR) is 96.0 cm³/mol. The Morgan fingerprint density at radius 1 is 1.40 bits per heavy atom. The van der Waals surface area contributed by atoms with Gasteiger partial charge in [-0.15, -0.1) is 0 Å². The van der Waals surface area contributed by atoms with E-state index in [9.17, 15) is 18.5 Å². The number of nitriles is 1. The topological polar surface area (TPSA) is 90.3 Å². The summed E-state index contributed by atoms with van der Waals surface area (Å²) in [5.74, 6) is -0.191. The molecule has 0 aromatic heterocycles. The van der Waals surface area contributed by atoms with Crippen LogP contribution in [0.25, 0.3) is 0 Å². The van der Waals surface area contributed by atoms with Crippen molar-refractivity contribution in [3.8, 4) is 6.07 Å². The molecule has 0 bridgehead atoms. The number of nitrogens with zero attached hydrogens (tertiary/aromatic N) is 2. The Kier molecular flexibility index (Phi) is 6.21. The van der Waals surface area contributed by atoms with Gasteiger partial charge in [0.05, 0.1) is 11.5 Å². The summed E-state index contributed by atoms with van der Waals surface area (Å²) in [4.78, 5) is 14.4. The standard InChI is InChI=1S/C18H23N3O3S/c1-14(2)21(12-15-6-4-3-5-7-15)18(22)16(10-19)11-20-17-8-9-25(23,24)13-17/h3-7,11,14,17,20H,8-9,12-13H2,1-2H3/b16-11-. The summed E-state index contributed by atoms with van der Waals surface area (Å²) < 4.78 is 23.0. The molecule has 1 saturated heterocycles. The van der Waals surface area contributed by atoms with Crippen LogP contribution in [-0.4, -0.2) is 42.8 Å². The summed E-state index contributed by atoms with van der Waals surface area (Å²) >= 11 is 0. The monoisotopic (exact) mass is 361 g/mol. The van der Waals surface area contributed by atoms with Crippen molar-refractivity contribution in [2.45, 2.75) is 38.9 Å². The van der Waals surface area contributed by atoms with Gasteiger partial charge in [0.15, 0.2) is 9.84 Å². The number of amides is 1. The van der Waals surface area contributed by atoms with Gasteiger partial charge in [0.1, 0.15) is 11.6 Å². The Labute approximate surface area is 149 Å². The summed E-state index contributed by atoms with van der Waals surface area (Å²) in [5.41, 5.74) is 0.964. The summed E-state index contributed by atoms with van der Waals surface area (Å²) in [6.07, 6.45) is 1.85. The Bertz CT molecular complexity index is 780. The Morgan fingerprint density at radius 3 is 2.60 bits per heavy atom. The van der Waals surface area contributed by atoms with Crippen LogP contribution in [0.1, 0.15) is 25.8 Å². The third-order valence-electron chi connectivity index (χ3n) is 4.13. The average molecular weight is 361 g/mol. The van der Waals surface area contributed by atoms with Crippen molar-refractivity contribution in [1.82, 2.24) is 10.2 Å². The number of hydrogen-bond donors (Lipinski definition) is 1. The zero-order valence-electron chi connectivity index (χ0n) is 14.5. The first-order valence-electron chi connectivity index (χ1n) is 8.24. The minimum Gasteiger partial charge on any atom is -0.386 e. The molecule has 0 aliphatic carbocycles. The first kappa shape index (κ1) is 19.0. The smallest absolute Gasteiger partial charge is 0.266 e. The van der Waals surface area contributed by atoms with E-state index in [0.29, 0.717) is 13.0 Å². The quantitative estimate of drug-likeness (QED) is 0.614. The van der Waals surface area contributed by atoms with E-state index in [0.717, 1.165) is 5.56 Å². The van der Waals surface area contributed by atoms with Crippen LogP contribution < -0.4 is 5.32 Å². The second kappa shape index (κ2) is 8.17. The molecule has 1 unspecified atom stereocenters. The maximum absolute atomic E-state index is 12.7. The minimum atomic E-state index is -3.01. The van der Waals surface area contributed by atoms with Crippen molar-refractivity contribution in [3.63, 3.8) is 0 Å². The summed E-state index contributed by atoms with van der Waals surface area (Å²) in [6.45, 7) is 4.20. The molecule has 1 aromatic carbocycles. The first-order chi connectivity index (χ1) is 11.8. The highest BCUT2D eigenvalue weighted by Gasteiger charge is 2.28. The van der Waals surface area contributed by atoms with Crippen molar-refractivity contribution in [2.75, 3.05) is 11.5 Å². The predicted octanol–water partition coefficient (Wildman–Crippen LogP) is 1.61. The van der Waals surface area contributed by atoms with Crippen LogP contribution in [0.4, 0.5) is 0 Å². The highest BCUT2D eigenvalue weighted by molar-refractivity contribution is 7.91. The molecular weight excluding hydrogens is 338 g/mol. The number of nitrogens with one attached hydrogen (secondary N) is 1. The lowest BCUT2D eigenvalue weighted by atomic mass is 10.1. The van der Waals surface area contributed by atoms with E-state index in [1.165, 1.54) is 6.20 Å². The normalized spacial score (nSPS) is 19.4. The van der Waals surface area contributed by atoms with Crippen molar-refractivity contribution >= 4 is 15.7 Å². The molecule has 1 heterocycles. The van der Waals surface area contributed by atoms with Crippen LogP contribution in [0.2, 0.25) is 0 Å². The van der Waals surface area contributed by atoms with Gasteiger partial charge < -0.3 is 10.2 Å². The van der Waals surface area contributed by atoms with E-state index in [2.05, 4.69) is 5.32 Å². The fraction of sp³-hybridized carbons (Fsp3) is 0.444. The van der Waals surface area contributed by atoms with Gasteiger partial charge >= 0.3 is 0 Å². The molecule has 1 N–H and O–H groups in total. The van der Waals surface area contributed by atoms with Crippen LogP contribution in [0.5, 0.6) is 0 Å². The third-order valence-corrected chi connectivity index (χ3v) is 5.89. The van der Waals surface area contributed by atoms with Gasteiger partial charge in [-0.3, -0.25) is 4.79 Å². The minimum absolute atomic E-state index is 0.0195. The van der Waals surface area contributed by atoms with Gasteiger partial charge in [0.25, 0.3) is 5.91 Å². The summed E-state index contributed by atoms with van der Waals surface area (Å²) in [6, 6.07) is 11.2. The van der Waals surface area contributed by atoms with Crippen molar-refractivity contribution in [3.05, 3.63) is 47.7 Å². The van der Waals surface area contributed by atoms with Gasteiger partial charge in [-0.25, -0.2) is 8.42 Å². The van der Waals surface area contributed by atoms with Crippen LogP contribution in [-0.2, 0) is 21.2 Å². The van der Waals surface area contributed by atoms with Crippen LogP contribution in [0.3, 0.4) is 0 Å². The van der Waals surface area contributed by atoms with E-state index >= 15 is 0 Å². The molecule has 1 atom stereocenters. The molecule has 0 saturated carbocycles. The van der Waals surface area contributed by atoms with E-state index in [1.807, 2.05) is 50.2 Å². The molecule has 7 heteroatoms. The Hall–Kier alpha value is -2.33. The van der Waals surface area contributed by atoms with E-state index in [-0.39, 0.29) is 35.1 Å². The lowest BCUT2D eigenvalue weighted by Gasteiger charge is -2.26. The number of benzene rings is 1. The Morgan fingerprint density at radius 2 is 2.08 bits per heavy atom. The van der Waals surface area contributed by atoms with Crippen molar-refractivity contribution < 1.29 is 13.2 Å². The van der Waals surface area contributed by atoms with Crippen LogP contribution >= 0.6 is 0 Å². The number of sulfone groups is 1. The van der Waals surface area contributed by atoms with E-state index in [1.54, 1.807) is 4.90 Å². The van der Waals surface area contributed by atoms with Gasteiger partial charge in [0.2, 0.25) is 0 Å². The molecule has 1 amide bonds. The van der Waals surface area contributed by atoms with E-state index < -0.39 is 9.84 Å². The molecular formula is C18H23N3O3S. The fourth-order valence-corrected chi connectivity index (χ4v) is 4.38. The molecule has 134 valence electrons.